The first-order valence-corrected chi connectivity index (χ1v) is 12.6. The molecule has 2 aromatic carbocycles. The number of nitrogens with zero attached hydrogens (tertiary/aromatic N) is 3. The maximum Gasteiger partial charge on any atom is 0.274 e. The summed E-state index contributed by atoms with van der Waals surface area (Å²) in [5.41, 5.74) is 1.12. The van der Waals surface area contributed by atoms with Crippen molar-refractivity contribution in [1.82, 2.24) is 25.1 Å². The van der Waals surface area contributed by atoms with Crippen LogP contribution in [0.25, 0.3) is 0 Å². The molecule has 37 heavy (non-hydrogen) atoms. The van der Waals surface area contributed by atoms with Gasteiger partial charge in [0, 0.05) is 19.1 Å². The van der Waals surface area contributed by atoms with E-state index in [0.29, 0.717) is 6.54 Å². The van der Waals surface area contributed by atoms with Crippen LogP contribution in [-0.4, -0.2) is 50.3 Å². The number of imidazole rings is 1. The summed E-state index contributed by atoms with van der Waals surface area (Å²) in [6.07, 6.45) is 4.67. The number of amides is 3. The second-order valence-electron chi connectivity index (χ2n) is 9.90. The van der Waals surface area contributed by atoms with E-state index in [4.69, 9.17) is 0 Å². The number of halogens is 1. The molecule has 0 unspecified atom stereocenters. The van der Waals surface area contributed by atoms with Gasteiger partial charge in [0.25, 0.3) is 11.8 Å². The van der Waals surface area contributed by atoms with Gasteiger partial charge in [0.1, 0.15) is 17.1 Å². The van der Waals surface area contributed by atoms with E-state index in [-0.39, 0.29) is 48.2 Å². The highest BCUT2D eigenvalue weighted by Gasteiger charge is 2.53. The van der Waals surface area contributed by atoms with Gasteiger partial charge in [0.15, 0.2) is 5.69 Å². The van der Waals surface area contributed by atoms with E-state index >= 15 is 0 Å². The van der Waals surface area contributed by atoms with Crippen molar-refractivity contribution in [2.45, 2.75) is 57.3 Å². The second-order valence-corrected chi connectivity index (χ2v) is 9.90. The maximum absolute atomic E-state index is 13.7. The second kappa shape index (κ2) is 10.2. The largest absolute Gasteiger partial charge is 0.351 e. The summed E-state index contributed by atoms with van der Waals surface area (Å²) in [6, 6.07) is 15.9. The predicted octanol–water partition coefficient (Wildman–Crippen LogP) is 3.08. The van der Waals surface area contributed by atoms with Crippen molar-refractivity contribution in [1.29, 1.82) is 0 Å². The van der Waals surface area contributed by atoms with Crippen LogP contribution < -0.4 is 10.6 Å². The molecule has 1 aliphatic carbocycles. The third-order valence-corrected chi connectivity index (χ3v) is 7.02. The lowest BCUT2D eigenvalue weighted by atomic mass is 9.93. The number of nitrogens with one attached hydrogen (secondary N) is 2. The first-order valence-electron chi connectivity index (χ1n) is 12.6. The SMILES string of the molecule is C[C@]1(C(=O)NCc2ccc(F)cc2)Cn2cnc(C(=O)NCCCc3ccccc3)c2C(=O)N1C1CC1. The number of rotatable bonds is 9. The van der Waals surface area contributed by atoms with E-state index in [1.807, 2.05) is 30.3 Å². The number of aromatic nitrogens is 2. The lowest BCUT2D eigenvalue weighted by Gasteiger charge is -2.44. The van der Waals surface area contributed by atoms with Crippen molar-refractivity contribution in [2.24, 2.45) is 0 Å². The Balaban J connectivity index is 1.28. The van der Waals surface area contributed by atoms with Crippen LogP contribution in [0.1, 0.15) is 58.3 Å². The minimum absolute atomic E-state index is 0.0560. The highest BCUT2D eigenvalue weighted by molar-refractivity contribution is 6.07. The molecular formula is C28H30FN5O3. The molecule has 0 saturated heterocycles. The summed E-state index contributed by atoms with van der Waals surface area (Å²) in [7, 11) is 0. The zero-order chi connectivity index (χ0) is 26.0. The lowest BCUT2D eigenvalue weighted by molar-refractivity contribution is -0.133. The Labute approximate surface area is 214 Å². The number of aryl methyl sites for hydroxylation is 1. The molecular weight excluding hydrogens is 473 g/mol. The number of hydrogen-bond donors (Lipinski definition) is 2. The summed E-state index contributed by atoms with van der Waals surface area (Å²) in [4.78, 5) is 45.9. The van der Waals surface area contributed by atoms with E-state index in [2.05, 4.69) is 15.6 Å². The van der Waals surface area contributed by atoms with Gasteiger partial charge >= 0.3 is 0 Å². The fraction of sp³-hybridized carbons (Fsp3) is 0.357. The number of fused-ring (bicyclic) bond motifs is 1. The van der Waals surface area contributed by atoms with Gasteiger partial charge in [-0.3, -0.25) is 14.4 Å². The number of carbonyl (C=O) groups excluding carboxylic acids is 3. The molecule has 1 fully saturated rings. The van der Waals surface area contributed by atoms with Gasteiger partial charge in [-0.05, 0) is 55.9 Å². The van der Waals surface area contributed by atoms with E-state index in [1.54, 1.807) is 28.5 Å². The molecule has 1 aliphatic heterocycles. The third kappa shape index (κ3) is 5.12. The molecule has 2 N–H and O–H groups in total. The fourth-order valence-electron chi connectivity index (χ4n) is 4.92. The summed E-state index contributed by atoms with van der Waals surface area (Å²) in [5.74, 6) is -1.40. The Kier molecular flexibility index (Phi) is 6.78. The van der Waals surface area contributed by atoms with Crippen LogP contribution >= 0.6 is 0 Å². The molecule has 192 valence electrons. The molecule has 0 bridgehead atoms. The van der Waals surface area contributed by atoms with Crippen molar-refractivity contribution >= 4 is 17.7 Å². The van der Waals surface area contributed by atoms with Crippen LogP contribution in [0.2, 0.25) is 0 Å². The molecule has 1 atom stereocenters. The van der Waals surface area contributed by atoms with Crippen molar-refractivity contribution in [3.63, 3.8) is 0 Å². The van der Waals surface area contributed by atoms with Crippen LogP contribution in [0.15, 0.2) is 60.9 Å². The fourth-order valence-corrected chi connectivity index (χ4v) is 4.92. The van der Waals surface area contributed by atoms with Crippen molar-refractivity contribution in [3.05, 3.63) is 89.3 Å². The summed E-state index contributed by atoms with van der Waals surface area (Å²) < 4.78 is 14.8. The van der Waals surface area contributed by atoms with E-state index in [9.17, 15) is 18.8 Å². The molecule has 5 rings (SSSR count). The number of benzene rings is 2. The van der Waals surface area contributed by atoms with Gasteiger partial charge < -0.3 is 20.1 Å². The minimum Gasteiger partial charge on any atom is -0.351 e. The molecule has 9 heteroatoms. The normalized spacial score (nSPS) is 18.9. The highest BCUT2D eigenvalue weighted by Crippen LogP contribution is 2.38. The van der Waals surface area contributed by atoms with Gasteiger partial charge in [-0.2, -0.15) is 0 Å². The van der Waals surface area contributed by atoms with Gasteiger partial charge in [0.05, 0.1) is 12.9 Å². The number of carbonyl (C=O) groups is 3. The standard InChI is InChI=1S/C28H30FN5O3/c1-28(27(37)31-16-20-9-11-21(29)12-10-20)17-33-18-32-23(24(33)26(36)34(28)22-13-14-22)25(35)30-15-5-8-19-6-3-2-4-7-19/h2-4,6-7,9-12,18,22H,5,8,13-17H2,1H3,(H,30,35)(H,31,37)/t28-/m1/s1. The molecule has 3 aromatic rings. The molecule has 8 nitrogen and oxygen atoms in total. The van der Waals surface area contributed by atoms with Crippen LogP contribution in [0.3, 0.4) is 0 Å². The van der Waals surface area contributed by atoms with Crippen LogP contribution in [0, 0.1) is 5.82 Å². The highest BCUT2D eigenvalue weighted by atomic mass is 19.1. The van der Waals surface area contributed by atoms with Crippen molar-refractivity contribution < 1.29 is 18.8 Å². The van der Waals surface area contributed by atoms with Gasteiger partial charge in [-0.25, -0.2) is 9.37 Å². The van der Waals surface area contributed by atoms with E-state index in [0.717, 1.165) is 31.2 Å². The van der Waals surface area contributed by atoms with E-state index in [1.165, 1.54) is 24.0 Å². The molecule has 1 saturated carbocycles. The molecule has 1 aromatic heterocycles. The Morgan fingerprint density at radius 2 is 1.78 bits per heavy atom. The first kappa shape index (κ1) is 24.7. The average Bonchev–Trinajstić information content (AvgIpc) is 3.64. The van der Waals surface area contributed by atoms with Crippen LogP contribution in [0.4, 0.5) is 4.39 Å². The zero-order valence-electron chi connectivity index (χ0n) is 20.7. The van der Waals surface area contributed by atoms with E-state index < -0.39 is 11.4 Å². The predicted molar refractivity (Wildman–Crippen MR) is 135 cm³/mol. The van der Waals surface area contributed by atoms with Crippen molar-refractivity contribution in [3.8, 4) is 0 Å². The quantitative estimate of drug-likeness (QED) is 0.439. The van der Waals surface area contributed by atoms with Crippen LogP contribution in [0.5, 0.6) is 0 Å². The lowest BCUT2D eigenvalue weighted by Crippen LogP contribution is -2.64. The molecule has 3 amide bonds. The first-order chi connectivity index (χ1) is 17.9. The summed E-state index contributed by atoms with van der Waals surface area (Å²) in [5, 5.41) is 5.78. The Bertz CT molecular complexity index is 1300. The van der Waals surface area contributed by atoms with Gasteiger partial charge in [-0.15, -0.1) is 0 Å². The monoisotopic (exact) mass is 503 g/mol. The van der Waals surface area contributed by atoms with Crippen molar-refractivity contribution in [2.75, 3.05) is 6.54 Å². The van der Waals surface area contributed by atoms with Crippen LogP contribution in [-0.2, 0) is 24.3 Å². The molecule has 0 radical (unpaired) electrons. The molecule has 0 spiro atoms. The van der Waals surface area contributed by atoms with Gasteiger partial charge in [-0.1, -0.05) is 42.5 Å². The Morgan fingerprint density at radius 3 is 2.49 bits per heavy atom. The third-order valence-electron chi connectivity index (χ3n) is 7.02. The average molecular weight is 504 g/mol. The molecule has 2 heterocycles. The zero-order valence-corrected chi connectivity index (χ0v) is 20.7. The number of hydrogen-bond acceptors (Lipinski definition) is 4. The van der Waals surface area contributed by atoms with Gasteiger partial charge in [0.2, 0.25) is 5.91 Å². The smallest absolute Gasteiger partial charge is 0.274 e. The maximum atomic E-state index is 13.7. The summed E-state index contributed by atoms with van der Waals surface area (Å²) >= 11 is 0. The Hall–Kier alpha value is -4.01. The molecule has 2 aliphatic rings. The Morgan fingerprint density at radius 1 is 1.05 bits per heavy atom. The summed E-state index contributed by atoms with van der Waals surface area (Å²) in [6.45, 7) is 2.61. The topological polar surface area (TPSA) is 96.3 Å². The minimum atomic E-state index is -1.14.